The zero-order chi connectivity index (χ0) is 15.7. The number of aliphatic hydroxyl groups excluding tert-OH is 1. The van der Waals surface area contributed by atoms with E-state index in [2.05, 4.69) is 4.74 Å². The number of hydrogen-bond acceptors (Lipinski definition) is 3. The summed E-state index contributed by atoms with van der Waals surface area (Å²) < 4.78 is 76.2. The van der Waals surface area contributed by atoms with Crippen LogP contribution >= 0.6 is 24.0 Å². The summed E-state index contributed by atoms with van der Waals surface area (Å²) in [6.07, 6.45) is -12.8. The van der Waals surface area contributed by atoms with Gasteiger partial charge in [-0.2, -0.15) is 13.2 Å². The fourth-order valence-electron chi connectivity index (χ4n) is 1.32. The predicted octanol–water partition coefficient (Wildman–Crippen LogP) is 3.58. The highest BCUT2D eigenvalue weighted by Gasteiger charge is 2.43. The van der Waals surface area contributed by atoms with Crippen LogP contribution in [0, 0.1) is 0 Å². The molecule has 0 aliphatic heterocycles. The SMILES string of the molecule is Cl.N[C@@H](c1ccc(OC(F)(F)F)c(Cl)c1)[C@H](O)C(F)(F)F. The van der Waals surface area contributed by atoms with Crippen LogP contribution < -0.4 is 10.5 Å². The van der Waals surface area contributed by atoms with Crippen molar-refractivity contribution in [3.63, 3.8) is 0 Å². The maximum Gasteiger partial charge on any atom is 0.573 e. The van der Waals surface area contributed by atoms with Gasteiger partial charge >= 0.3 is 12.5 Å². The Morgan fingerprint density at radius 2 is 1.67 bits per heavy atom. The van der Waals surface area contributed by atoms with Crippen molar-refractivity contribution in [2.24, 2.45) is 5.73 Å². The fourth-order valence-corrected chi connectivity index (χ4v) is 1.55. The summed E-state index contributed by atoms with van der Waals surface area (Å²) in [7, 11) is 0. The summed E-state index contributed by atoms with van der Waals surface area (Å²) in [4.78, 5) is 0. The molecule has 0 saturated carbocycles. The van der Waals surface area contributed by atoms with Crippen LogP contribution in [0.4, 0.5) is 26.3 Å². The molecular weight excluding hydrogens is 351 g/mol. The molecule has 0 heterocycles. The average molecular weight is 360 g/mol. The van der Waals surface area contributed by atoms with Crippen molar-refractivity contribution in [2.45, 2.75) is 24.7 Å². The Morgan fingerprint density at radius 1 is 1.14 bits per heavy atom. The van der Waals surface area contributed by atoms with Gasteiger partial charge in [0, 0.05) is 0 Å². The molecule has 0 aliphatic rings. The summed E-state index contributed by atoms with van der Waals surface area (Å²) in [6, 6.07) is 0.454. The molecule has 1 aromatic carbocycles. The van der Waals surface area contributed by atoms with E-state index >= 15 is 0 Å². The Labute approximate surface area is 126 Å². The second-order valence-corrected chi connectivity index (χ2v) is 4.16. The summed E-state index contributed by atoms with van der Waals surface area (Å²) in [5.41, 5.74) is 4.90. The third kappa shape index (κ3) is 5.77. The topological polar surface area (TPSA) is 55.5 Å². The predicted molar refractivity (Wildman–Crippen MR) is 64.4 cm³/mol. The van der Waals surface area contributed by atoms with E-state index in [1.165, 1.54) is 0 Å². The molecule has 0 aromatic heterocycles. The molecule has 21 heavy (non-hydrogen) atoms. The molecule has 3 nitrogen and oxygen atoms in total. The highest BCUT2D eigenvalue weighted by molar-refractivity contribution is 6.32. The Bertz CT molecular complexity index is 480. The molecule has 0 amide bonds. The Kier molecular flexibility index (Phi) is 6.61. The minimum absolute atomic E-state index is 0. The summed E-state index contributed by atoms with van der Waals surface area (Å²) in [5, 5.41) is 8.37. The van der Waals surface area contributed by atoms with Crippen LogP contribution in [0.1, 0.15) is 11.6 Å². The van der Waals surface area contributed by atoms with Gasteiger partial charge < -0.3 is 15.6 Å². The maximum atomic E-state index is 12.3. The molecule has 2 atom stereocenters. The van der Waals surface area contributed by atoms with Gasteiger partial charge in [0.05, 0.1) is 11.1 Å². The van der Waals surface area contributed by atoms with Gasteiger partial charge in [-0.05, 0) is 17.7 Å². The van der Waals surface area contributed by atoms with Gasteiger partial charge in [0.2, 0.25) is 0 Å². The van der Waals surface area contributed by atoms with Gasteiger partial charge in [-0.15, -0.1) is 25.6 Å². The number of hydrogen-bond donors (Lipinski definition) is 2. The van der Waals surface area contributed by atoms with E-state index < -0.39 is 35.5 Å². The largest absolute Gasteiger partial charge is 0.573 e. The molecule has 0 radical (unpaired) electrons. The normalized spacial score (nSPS) is 15.1. The van der Waals surface area contributed by atoms with Crippen molar-refractivity contribution >= 4 is 24.0 Å². The zero-order valence-electron chi connectivity index (χ0n) is 9.87. The number of ether oxygens (including phenoxy) is 1. The van der Waals surface area contributed by atoms with Gasteiger partial charge in [0.15, 0.2) is 6.10 Å². The number of aliphatic hydroxyl groups is 1. The number of rotatable bonds is 3. The first-order chi connectivity index (χ1) is 8.92. The van der Waals surface area contributed by atoms with E-state index in [-0.39, 0.29) is 18.0 Å². The first-order valence-electron chi connectivity index (χ1n) is 4.97. The van der Waals surface area contributed by atoms with Gasteiger partial charge in [0.25, 0.3) is 0 Å². The van der Waals surface area contributed by atoms with Crippen LogP contribution in [-0.4, -0.2) is 23.7 Å². The van der Waals surface area contributed by atoms with E-state index in [1.54, 1.807) is 0 Å². The average Bonchev–Trinajstić information content (AvgIpc) is 2.27. The number of halogens is 8. The molecule has 0 bridgehead atoms. The van der Waals surface area contributed by atoms with Crippen molar-refractivity contribution in [1.29, 1.82) is 0 Å². The van der Waals surface area contributed by atoms with Crippen LogP contribution in [0.15, 0.2) is 18.2 Å². The lowest BCUT2D eigenvalue weighted by atomic mass is 10.0. The Hall–Kier alpha value is -0.900. The van der Waals surface area contributed by atoms with Crippen molar-refractivity contribution in [2.75, 3.05) is 0 Å². The van der Waals surface area contributed by atoms with Crippen LogP contribution in [0.2, 0.25) is 5.02 Å². The molecule has 122 valence electrons. The highest BCUT2D eigenvalue weighted by Crippen LogP contribution is 2.34. The van der Waals surface area contributed by atoms with Crippen LogP contribution in [0.3, 0.4) is 0 Å². The number of nitrogens with two attached hydrogens (primary N) is 1. The van der Waals surface area contributed by atoms with Crippen molar-refractivity contribution in [3.8, 4) is 5.75 Å². The monoisotopic (exact) mass is 359 g/mol. The van der Waals surface area contributed by atoms with Crippen molar-refractivity contribution in [1.82, 2.24) is 0 Å². The lowest BCUT2D eigenvalue weighted by Crippen LogP contribution is -2.38. The molecule has 0 aliphatic carbocycles. The minimum Gasteiger partial charge on any atom is -0.404 e. The third-order valence-corrected chi connectivity index (χ3v) is 2.54. The molecular formula is C10H9Cl2F6NO2. The third-order valence-electron chi connectivity index (χ3n) is 2.24. The van der Waals surface area contributed by atoms with Gasteiger partial charge in [0.1, 0.15) is 5.75 Å². The molecule has 1 rings (SSSR count). The smallest absolute Gasteiger partial charge is 0.404 e. The number of alkyl halides is 6. The van der Waals surface area contributed by atoms with E-state index in [0.717, 1.165) is 12.1 Å². The van der Waals surface area contributed by atoms with Gasteiger partial charge in [-0.3, -0.25) is 0 Å². The molecule has 11 heteroatoms. The minimum atomic E-state index is -4.99. The van der Waals surface area contributed by atoms with Crippen LogP contribution in [0.25, 0.3) is 0 Å². The number of benzene rings is 1. The summed E-state index contributed by atoms with van der Waals surface area (Å²) >= 11 is 5.46. The highest BCUT2D eigenvalue weighted by atomic mass is 35.5. The van der Waals surface area contributed by atoms with Crippen molar-refractivity contribution < 1.29 is 36.2 Å². The van der Waals surface area contributed by atoms with Gasteiger partial charge in [-0.1, -0.05) is 17.7 Å². The molecule has 0 fully saturated rings. The first kappa shape index (κ1) is 20.1. The summed E-state index contributed by atoms with van der Waals surface area (Å²) in [6.45, 7) is 0. The van der Waals surface area contributed by atoms with E-state index in [9.17, 15) is 26.3 Å². The molecule has 3 N–H and O–H groups in total. The molecule has 0 saturated heterocycles. The van der Waals surface area contributed by atoms with Gasteiger partial charge in [-0.25, -0.2) is 0 Å². The molecule has 0 spiro atoms. The summed E-state index contributed by atoms with van der Waals surface area (Å²) in [5.74, 6) is -0.781. The van der Waals surface area contributed by atoms with E-state index in [0.29, 0.717) is 6.07 Å². The van der Waals surface area contributed by atoms with Crippen molar-refractivity contribution in [3.05, 3.63) is 28.8 Å². The lowest BCUT2D eigenvalue weighted by molar-refractivity contribution is -0.274. The first-order valence-corrected chi connectivity index (χ1v) is 5.35. The van der Waals surface area contributed by atoms with E-state index in [4.69, 9.17) is 22.4 Å². The fraction of sp³-hybridized carbons (Fsp3) is 0.400. The Balaban J connectivity index is 0.00000400. The second kappa shape index (κ2) is 6.91. The standard InChI is InChI=1S/C10H8ClF6NO2.ClH/c11-5-3-4(7(18)8(19)9(12,13)14)1-2-6(5)20-10(15,16)17;/h1-3,7-8,19H,18H2;1H/t7-,8-;/m0./s1. The zero-order valence-corrected chi connectivity index (χ0v) is 11.4. The van der Waals surface area contributed by atoms with Crippen LogP contribution in [-0.2, 0) is 0 Å². The van der Waals surface area contributed by atoms with E-state index in [1.807, 2.05) is 0 Å². The quantitative estimate of drug-likeness (QED) is 0.811. The lowest BCUT2D eigenvalue weighted by Gasteiger charge is -2.22. The molecule has 0 unspecified atom stereocenters. The maximum absolute atomic E-state index is 12.3. The Morgan fingerprint density at radius 3 is 2.05 bits per heavy atom. The van der Waals surface area contributed by atoms with Crippen LogP contribution in [0.5, 0.6) is 5.75 Å². The second-order valence-electron chi connectivity index (χ2n) is 3.75. The molecule has 1 aromatic rings.